The lowest BCUT2D eigenvalue weighted by molar-refractivity contribution is 0.188. The Kier molecular flexibility index (Phi) is 2.15. The Morgan fingerprint density at radius 1 is 1.46 bits per heavy atom. The van der Waals surface area contributed by atoms with E-state index < -0.39 is 6.09 Å². The molecule has 1 aliphatic heterocycles. The average molecular weight is 184 g/mol. The van der Waals surface area contributed by atoms with Crippen LogP contribution >= 0.6 is 0 Å². The maximum absolute atomic E-state index is 10.2. The van der Waals surface area contributed by atoms with Gasteiger partial charge >= 0.3 is 6.09 Å². The van der Waals surface area contributed by atoms with E-state index in [0.29, 0.717) is 12.1 Å². The highest BCUT2D eigenvalue weighted by Gasteiger charge is 2.49. The lowest BCUT2D eigenvalue weighted by Gasteiger charge is -2.23. The van der Waals surface area contributed by atoms with Crippen LogP contribution in [0.5, 0.6) is 0 Å². The summed E-state index contributed by atoms with van der Waals surface area (Å²) in [6.45, 7) is 2.60. The van der Waals surface area contributed by atoms with Crippen molar-refractivity contribution < 1.29 is 9.90 Å². The second-order valence-corrected chi connectivity index (χ2v) is 4.05. The molecule has 0 atom stereocenters. The van der Waals surface area contributed by atoms with Gasteiger partial charge in [0.1, 0.15) is 0 Å². The zero-order chi connectivity index (χ0) is 9.31. The second kappa shape index (κ2) is 3.18. The molecule has 0 bridgehead atoms. The molecule has 4 heteroatoms. The number of carbonyl (C=O) groups is 1. The van der Waals surface area contributed by atoms with E-state index in [1.54, 1.807) is 0 Å². The molecule has 0 aromatic rings. The first-order chi connectivity index (χ1) is 6.23. The normalized spacial score (nSPS) is 24.9. The quantitative estimate of drug-likeness (QED) is 0.684. The Balaban J connectivity index is 1.72. The molecule has 2 aliphatic rings. The highest BCUT2D eigenvalue weighted by atomic mass is 16.4. The van der Waals surface area contributed by atoms with E-state index in [0.717, 1.165) is 13.1 Å². The number of likely N-dealkylation sites (tertiary alicyclic amines) is 1. The van der Waals surface area contributed by atoms with Crippen molar-refractivity contribution in [2.45, 2.75) is 31.2 Å². The van der Waals surface area contributed by atoms with Crippen LogP contribution in [-0.4, -0.2) is 41.3 Å². The molecule has 4 nitrogen and oxygen atoms in total. The first kappa shape index (κ1) is 8.81. The van der Waals surface area contributed by atoms with Crippen molar-refractivity contribution >= 4 is 6.09 Å². The van der Waals surface area contributed by atoms with Crippen molar-refractivity contribution in [2.24, 2.45) is 0 Å². The monoisotopic (exact) mass is 184 g/mol. The largest absolute Gasteiger partial charge is 0.465 e. The molecule has 0 unspecified atom stereocenters. The predicted molar refractivity (Wildman–Crippen MR) is 48.8 cm³/mol. The first-order valence-electron chi connectivity index (χ1n) is 4.95. The molecule has 74 valence electrons. The molecule has 2 fully saturated rings. The van der Waals surface area contributed by atoms with Gasteiger partial charge in [0.25, 0.3) is 0 Å². The van der Waals surface area contributed by atoms with Crippen molar-refractivity contribution in [2.75, 3.05) is 19.6 Å². The van der Waals surface area contributed by atoms with Gasteiger partial charge in [-0.05, 0) is 32.2 Å². The third kappa shape index (κ3) is 1.77. The van der Waals surface area contributed by atoms with E-state index in [4.69, 9.17) is 5.11 Å². The molecule has 1 heterocycles. The number of nitrogens with zero attached hydrogens (tertiary/aromatic N) is 1. The molecule has 0 radical (unpaired) electrons. The summed E-state index contributed by atoms with van der Waals surface area (Å²) in [6, 6.07) is 0. The van der Waals surface area contributed by atoms with E-state index in [1.807, 2.05) is 0 Å². The average Bonchev–Trinajstić information content (AvgIpc) is 2.71. The van der Waals surface area contributed by atoms with E-state index in [-0.39, 0.29) is 0 Å². The van der Waals surface area contributed by atoms with Gasteiger partial charge in [-0.1, -0.05) is 0 Å². The van der Waals surface area contributed by atoms with Crippen molar-refractivity contribution in [1.29, 1.82) is 0 Å². The van der Waals surface area contributed by atoms with Crippen molar-refractivity contribution in [1.82, 2.24) is 10.2 Å². The van der Waals surface area contributed by atoms with Gasteiger partial charge in [-0.3, -0.25) is 4.90 Å². The molecule has 0 aromatic carbocycles. The van der Waals surface area contributed by atoms with Crippen LogP contribution in [0.25, 0.3) is 0 Å². The highest BCUT2D eigenvalue weighted by molar-refractivity contribution is 5.64. The summed E-state index contributed by atoms with van der Waals surface area (Å²) >= 11 is 0. The maximum Gasteiger partial charge on any atom is 0.404 e. The molecule has 1 spiro atoms. The van der Waals surface area contributed by atoms with Gasteiger partial charge in [0.05, 0.1) is 0 Å². The molecule has 2 N–H and O–H groups in total. The molecule has 1 saturated heterocycles. The summed E-state index contributed by atoms with van der Waals surface area (Å²) in [7, 11) is 0. The van der Waals surface area contributed by atoms with Gasteiger partial charge in [-0.15, -0.1) is 0 Å². The fraction of sp³-hybridized carbons (Fsp3) is 0.889. The first-order valence-corrected chi connectivity index (χ1v) is 4.95. The van der Waals surface area contributed by atoms with Crippen LogP contribution in [-0.2, 0) is 0 Å². The Morgan fingerprint density at radius 3 is 2.85 bits per heavy atom. The predicted octanol–water partition coefficient (Wildman–Crippen LogP) is 0.882. The van der Waals surface area contributed by atoms with E-state index in [2.05, 4.69) is 10.2 Å². The molecular weight excluding hydrogens is 168 g/mol. The third-order valence-electron chi connectivity index (χ3n) is 3.23. The number of amides is 1. The highest BCUT2D eigenvalue weighted by Crippen LogP contribution is 2.49. The minimum atomic E-state index is -0.913. The van der Waals surface area contributed by atoms with Crippen LogP contribution in [0.15, 0.2) is 0 Å². The standard InChI is InChI=1S/C9H16N2O2/c12-8(13)10-5-7-11-6-1-2-9(11)3-4-9/h10H,1-7H2,(H,12,13). The van der Waals surface area contributed by atoms with Gasteiger partial charge in [0.15, 0.2) is 0 Å². The van der Waals surface area contributed by atoms with Crippen LogP contribution in [0.3, 0.4) is 0 Å². The van der Waals surface area contributed by atoms with Crippen molar-refractivity contribution in [3.8, 4) is 0 Å². The van der Waals surface area contributed by atoms with Crippen LogP contribution in [0, 0.1) is 0 Å². The molecule has 0 aromatic heterocycles. The van der Waals surface area contributed by atoms with E-state index in [1.165, 1.54) is 25.7 Å². The van der Waals surface area contributed by atoms with Gasteiger partial charge < -0.3 is 10.4 Å². The molecule has 1 aliphatic carbocycles. The summed E-state index contributed by atoms with van der Waals surface area (Å²) in [6.07, 6.45) is 4.33. The summed E-state index contributed by atoms with van der Waals surface area (Å²) in [5.74, 6) is 0. The number of hydrogen-bond donors (Lipinski definition) is 2. The van der Waals surface area contributed by atoms with Gasteiger partial charge in [0, 0.05) is 18.6 Å². The topological polar surface area (TPSA) is 52.6 Å². The van der Waals surface area contributed by atoms with E-state index in [9.17, 15) is 4.79 Å². The summed E-state index contributed by atoms with van der Waals surface area (Å²) in [4.78, 5) is 12.7. The van der Waals surface area contributed by atoms with Crippen molar-refractivity contribution in [3.63, 3.8) is 0 Å². The van der Waals surface area contributed by atoms with Gasteiger partial charge in [0.2, 0.25) is 0 Å². The Labute approximate surface area is 77.9 Å². The molecule has 1 saturated carbocycles. The maximum atomic E-state index is 10.2. The molecular formula is C9H16N2O2. The molecule has 1 amide bonds. The number of nitrogens with one attached hydrogen (secondary N) is 1. The van der Waals surface area contributed by atoms with Crippen LogP contribution in [0.1, 0.15) is 25.7 Å². The van der Waals surface area contributed by atoms with Gasteiger partial charge in [-0.25, -0.2) is 4.79 Å². The zero-order valence-corrected chi connectivity index (χ0v) is 7.75. The van der Waals surface area contributed by atoms with Crippen LogP contribution in [0.4, 0.5) is 4.79 Å². The minimum Gasteiger partial charge on any atom is -0.465 e. The summed E-state index contributed by atoms with van der Waals surface area (Å²) in [5, 5.41) is 10.8. The SMILES string of the molecule is O=C(O)NCCN1CCCC12CC2. The number of hydrogen-bond acceptors (Lipinski definition) is 2. The van der Waals surface area contributed by atoms with Crippen molar-refractivity contribution in [3.05, 3.63) is 0 Å². The summed E-state index contributed by atoms with van der Waals surface area (Å²) < 4.78 is 0. The fourth-order valence-corrected chi connectivity index (χ4v) is 2.35. The Bertz CT molecular complexity index is 214. The second-order valence-electron chi connectivity index (χ2n) is 4.05. The zero-order valence-electron chi connectivity index (χ0n) is 7.75. The Morgan fingerprint density at radius 2 is 2.23 bits per heavy atom. The smallest absolute Gasteiger partial charge is 0.404 e. The fourth-order valence-electron chi connectivity index (χ4n) is 2.35. The molecule has 13 heavy (non-hydrogen) atoms. The summed E-state index contributed by atoms with van der Waals surface area (Å²) in [5.41, 5.74) is 0.500. The lowest BCUT2D eigenvalue weighted by Crippen LogP contribution is -2.38. The van der Waals surface area contributed by atoms with Crippen LogP contribution in [0.2, 0.25) is 0 Å². The lowest BCUT2D eigenvalue weighted by atomic mass is 10.2. The van der Waals surface area contributed by atoms with E-state index >= 15 is 0 Å². The molecule has 2 rings (SSSR count). The van der Waals surface area contributed by atoms with Gasteiger partial charge in [-0.2, -0.15) is 0 Å². The number of rotatable bonds is 3. The Hall–Kier alpha value is -0.770. The van der Waals surface area contributed by atoms with Crippen LogP contribution < -0.4 is 5.32 Å². The minimum absolute atomic E-state index is 0.500. The third-order valence-corrected chi connectivity index (χ3v) is 3.23. The number of carboxylic acid groups (broad SMARTS) is 1.